The fourth-order valence-electron chi connectivity index (χ4n) is 1.73. The van der Waals surface area contributed by atoms with Crippen molar-refractivity contribution >= 4 is 17.3 Å². The fourth-order valence-corrected chi connectivity index (χ4v) is 1.90. The van der Waals surface area contributed by atoms with Gasteiger partial charge in [-0.25, -0.2) is 0 Å². The Morgan fingerprint density at radius 3 is 2.15 bits per heavy atom. The minimum atomic E-state index is 0.320. The lowest BCUT2D eigenvalue weighted by molar-refractivity contribution is 0.300. The molecule has 2 N–H and O–H groups in total. The lowest BCUT2D eigenvalue weighted by Gasteiger charge is -2.11. The number of hydrogen-bond donors (Lipinski definition) is 1. The Labute approximate surface area is 123 Å². The minimum Gasteiger partial charge on any atom is -0.496 e. The highest BCUT2D eigenvalue weighted by molar-refractivity contribution is 6.31. The van der Waals surface area contributed by atoms with Crippen LogP contribution in [-0.4, -0.2) is 14.2 Å². The van der Waals surface area contributed by atoms with Crippen LogP contribution < -0.4 is 19.9 Å². The van der Waals surface area contributed by atoms with Crippen molar-refractivity contribution in [2.75, 3.05) is 20.0 Å². The second-order valence-electron chi connectivity index (χ2n) is 4.19. The lowest BCUT2D eigenvalue weighted by atomic mass is 10.2. The summed E-state index contributed by atoms with van der Waals surface area (Å²) in [6.45, 7) is 0.320. The molecule has 0 heterocycles. The number of rotatable bonds is 5. The van der Waals surface area contributed by atoms with E-state index >= 15 is 0 Å². The van der Waals surface area contributed by atoms with E-state index in [0.29, 0.717) is 34.6 Å². The maximum atomic E-state index is 6.09. The minimum absolute atomic E-state index is 0.320. The zero-order chi connectivity index (χ0) is 14.5. The first kappa shape index (κ1) is 14.3. The third-order valence-electron chi connectivity index (χ3n) is 2.79. The number of halogens is 1. The van der Waals surface area contributed by atoms with Crippen LogP contribution in [0, 0.1) is 0 Å². The molecule has 2 rings (SSSR count). The number of benzene rings is 2. The normalized spacial score (nSPS) is 10.2. The highest BCUT2D eigenvalue weighted by Crippen LogP contribution is 2.28. The van der Waals surface area contributed by atoms with Crippen molar-refractivity contribution in [3.05, 3.63) is 47.0 Å². The van der Waals surface area contributed by atoms with Gasteiger partial charge in [-0.15, -0.1) is 0 Å². The van der Waals surface area contributed by atoms with Crippen LogP contribution in [0.2, 0.25) is 5.02 Å². The summed E-state index contributed by atoms with van der Waals surface area (Å²) in [6.07, 6.45) is 0. The van der Waals surface area contributed by atoms with Crippen LogP contribution in [-0.2, 0) is 6.61 Å². The topological polar surface area (TPSA) is 53.7 Å². The van der Waals surface area contributed by atoms with Gasteiger partial charge in [0.05, 0.1) is 14.2 Å². The molecule has 0 aliphatic heterocycles. The summed E-state index contributed by atoms with van der Waals surface area (Å²) in [5.41, 5.74) is 7.21. The van der Waals surface area contributed by atoms with Gasteiger partial charge in [0.2, 0.25) is 0 Å². The molecule has 0 aliphatic rings. The van der Waals surface area contributed by atoms with E-state index in [-0.39, 0.29) is 0 Å². The van der Waals surface area contributed by atoms with Gasteiger partial charge in [0.15, 0.2) is 0 Å². The number of hydrogen-bond acceptors (Lipinski definition) is 4. The van der Waals surface area contributed by atoms with Gasteiger partial charge in [0.1, 0.15) is 23.9 Å². The highest BCUT2D eigenvalue weighted by atomic mass is 35.5. The van der Waals surface area contributed by atoms with E-state index < -0.39 is 0 Å². The molecule has 0 unspecified atom stereocenters. The van der Waals surface area contributed by atoms with Crippen LogP contribution in [0.1, 0.15) is 5.56 Å². The Bertz CT molecular complexity index is 579. The molecule has 2 aromatic rings. The van der Waals surface area contributed by atoms with E-state index in [4.69, 9.17) is 31.5 Å². The Morgan fingerprint density at radius 1 is 0.950 bits per heavy atom. The Morgan fingerprint density at radius 2 is 1.55 bits per heavy atom. The number of methoxy groups -OCH3 is 2. The first-order valence-electron chi connectivity index (χ1n) is 6.02. The maximum absolute atomic E-state index is 6.09. The van der Waals surface area contributed by atoms with Crippen LogP contribution in [0.3, 0.4) is 0 Å². The van der Waals surface area contributed by atoms with E-state index in [1.807, 2.05) is 0 Å². The molecule has 5 heteroatoms. The SMILES string of the molecule is COc1cc(OC)cc(OCc2cc(N)ccc2Cl)c1. The molecule has 0 amide bonds. The van der Waals surface area contributed by atoms with Gasteiger partial charge < -0.3 is 19.9 Å². The summed E-state index contributed by atoms with van der Waals surface area (Å²) in [4.78, 5) is 0. The van der Waals surface area contributed by atoms with Crippen molar-refractivity contribution in [3.8, 4) is 17.2 Å². The van der Waals surface area contributed by atoms with E-state index in [1.165, 1.54) is 0 Å². The van der Waals surface area contributed by atoms with E-state index in [1.54, 1.807) is 50.6 Å². The van der Waals surface area contributed by atoms with Gasteiger partial charge in [-0.2, -0.15) is 0 Å². The van der Waals surface area contributed by atoms with Crippen LogP contribution in [0.25, 0.3) is 0 Å². The quantitative estimate of drug-likeness (QED) is 0.857. The molecule has 0 fully saturated rings. The molecule has 0 saturated heterocycles. The fraction of sp³-hybridized carbons (Fsp3) is 0.200. The van der Waals surface area contributed by atoms with Gasteiger partial charge >= 0.3 is 0 Å². The molecule has 0 radical (unpaired) electrons. The predicted octanol–water partition coefficient (Wildman–Crippen LogP) is 3.52. The Kier molecular flexibility index (Phi) is 4.58. The Balaban J connectivity index is 2.16. The summed E-state index contributed by atoms with van der Waals surface area (Å²) < 4.78 is 16.1. The molecule has 20 heavy (non-hydrogen) atoms. The third-order valence-corrected chi connectivity index (χ3v) is 3.16. The molecule has 0 aliphatic carbocycles. The van der Waals surface area contributed by atoms with Gasteiger partial charge in [-0.1, -0.05) is 11.6 Å². The molecular weight excluding hydrogens is 278 g/mol. The number of nitrogen functional groups attached to an aromatic ring is 1. The van der Waals surface area contributed by atoms with E-state index in [0.717, 1.165) is 5.56 Å². The van der Waals surface area contributed by atoms with Crippen molar-refractivity contribution in [3.63, 3.8) is 0 Å². The summed E-state index contributed by atoms with van der Waals surface area (Å²) in [6, 6.07) is 10.6. The maximum Gasteiger partial charge on any atom is 0.127 e. The monoisotopic (exact) mass is 293 g/mol. The third kappa shape index (κ3) is 3.48. The van der Waals surface area contributed by atoms with Gasteiger partial charge in [0.25, 0.3) is 0 Å². The van der Waals surface area contributed by atoms with Crippen LogP contribution in [0.4, 0.5) is 5.69 Å². The zero-order valence-electron chi connectivity index (χ0n) is 11.4. The molecular formula is C15H16ClNO3. The number of ether oxygens (including phenoxy) is 3. The average Bonchev–Trinajstić information content (AvgIpc) is 2.47. The van der Waals surface area contributed by atoms with Crippen LogP contribution in [0.15, 0.2) is 36.4 Å². The molecule has 0 saturated carbocycles. The van der Waals surface area contributed by atoms with Crippen molar-refractivity contribution < 1.29 is 14.2 Å². The number of nitrogens with two attached hydrogens (primary N) is 1. The van der Waals surface area contributed by atoms with Crippen molar-refractivity contribution in [2.24, 2.45) is 0 Å². The highest BCUT2D eigenvalue weighted by Gasteiger charge is 2.05. The standard InChI is InChI=1S/C15H16ClNO3/c1-18-12-6-13(19-2)8-14(7-12)20-9-10-5-11(17)3-4-15(10)16/h3-8H,9,17H2,1-2H3. The second kappa shape index (κ2) is 6.39. The van der Waals surface area contributed by atoms with Crippen LogP contribution in [0.5, 0.6) is 17.2 Å². The Hall–Kier alpha value is -2.07. The smallest absolute Gasteiger partial charge is 0.127 e. The summed E-state index contributed by atoms with van der Waals surface area (Å²) in [5.74, 6) is 1.97. The zero-order valence-corrected chi connectivity index (χ0v) is 12.1. The molecule has 106 valence electrons. The van der Waals surface area contributed by atoms with Gasteiger partial charge in [-0.05, 0) is 18.2 Å². The second-order valence-corrected chi connectivity index (χ2v) is 4.60. The van der Waals surface area contributed by atoms with Crippen molar-refractivity contribution in [1.82, 2.24) is 0 Å². The van der Waals surface area contributed by atoms with E-state index in [9.17, 15) is 0 Å². The lowest BCUT2D eigenvalue weighted by Crippen LogP contribution is -1.98. The first-order valence-corrected chi connectivity index (χ1v) is 6.40. The van der Waals surface area contributed by atoms with Gasteiger partial charge in [-0.3, -0.25) is 0 Å². The van der Waals surface area contributed by atoms with Crippen molar-refractivity contribution in [2.45, 2.75) is 6.61 Å². The number of anilines is 1. The molecule has 0 bridgehead atoms. The van der Waals surface area contributed by atoms with Gasteiger partial charge in [0, 0.05) is 34.5 Å². The van der Waals surface area contributed by atoms with E-state index in [2.05, 4.69) is 0 Å². The van der Waals surface area contributed by atoms with Crippen LogP contribution >= 0.6 is 11.6 Å². The summed E-state index contributed by atoms with van der Waals surface area (Å²) in [5, 5.41) is 0.620. The first-order chi connectivity index (χ1) is 9.62. The molecule has 2 aromatic carbocycles. The molecule has 0 atom stereocenters. The molecule has 4 nitrogen and oxygen atoms in total. The molecule has 0 aromatic heterocycles. The molecule has 0 spiro atoms. The predicted molar refractivity (Wildman–Crippen MR) is 79.7 cm³/mol. The average molecular weight is 294 g/mol. The summed E-state index contributed by atoms with van der Waals surface area (Å²) in [7, 11) is 3.18. The van der Waals surface area contributed by atoms with Crippen molar-refractivity contribution in [1.29, 1.82) is 0 Å². The largest absolute Gasteiger partial charge is 0.496 e. The summed E-state index contributed by atoms with van der Waals surface area (Å²) >= 11 is 6.09.